The summed E-state index contributed by atoms with van der Waals surface area (Å²) in [6.07, 6.45) is -1.52. The fraction of sp³-hybridized carbons (Fsp3) is 0.267. The number of aliphatic hydroxyl groups is 1. The number of fused-ring (bicyclic) bond motifs is 3. The Labute approximate surface area is 240 Å². The molecule has 9 nitrogen and oxygen atoms in total. The maximum absolute atomic E-state index is 13.4. The van der Waals surface area contributed by atoms with Crippen molar-refractivity contribution >= 4 is 34.7 Å². The van der Waals surface area contributed by atoms with Crippen LogP contribution >= 0.6 is 11.6 Å². The van der Waals surface area contributed by atoms with E-state index in [0.717, 1.165) is 27.7 Å². The van der Waals surface area contributed by atoms with Crippen LogP contribution in [-0.2, 0) is 11.2 Å². The summed E-state index contributed by atoms with van der Waals surface area (Å²) in [4.78, 5) is 29.9. The lowest BCUT2D eigenvalue weighted by molar-refractivity contribution is 0.0991. The van der Waals surface area contributed by atoms with Crippen molar-refractivity contribution < 1.29 is 33.3 Å². The van der Waals surface area contributed by atoms with Gasteiger partial charge in [-0.15, -0.1) is 0 Å². The van der Waals surface area contributed by atoms with E-state index in [-0.39, 0.29) is 25.5 Å². The summed E-state index contributed by atoms with van der Waals surface area (Å²) in [7, 11) is 0. The van der Waals surface area contributed by atoms with E-state index >= 15 is 0 Å². The molecule has 5 rings (SSSR count). The van der Waals surface area contributed by atoms with Crippen LogP contribution in [-0.4, -0.2) is 59.6 Å². The smallest absolute Gasteiger partial charge is 0.416 e. The third-order valence-corrected chi connectivity index (χ3v) is 6.97. The zero-order valence-electron chi connectivity index (χ0n) is 22.2. The number of aliphatic hydroxyl groups excluding tert-OH is 1. The average molecular weight is 582 g/mol. The Kier molecular flexibility index (Phi) is 8.61. The van der Waals surface area contributed by atoms with Gasteiger partial charge in [0.2, 0.25) is 0 Å². The maximum Gasteiger partial charge on any atom is 0.416 e. The van der Waals surface area contributed by atoms with E-state index < -0.39 is 30.1 Å². The summed E-state index contributed by atoms with van der Waals surface area (Å²) in [5, 5.41) is 14.2. The molecule has 4 aromatic rings. The second kappa shape index (κ2) is 12.5. The average Bonchev–Trinajstić information content (AvgIpc) is 3.34. The molecule has 1 aliphatic heterocycles. The van der Waals surface area contributed by atoms with Crippen molar-refractivity contribution in [2.45, 2.75) is 25.5 Å². The Bertz CT molecular complexity index is 1530. The Hall–Kier alpha value is -4.28. The van der Waals surface area contributed by atoms with E-state index in [1.807, 2.05) is 30.3 Å². The zero-order valence-corrected chi connectivity index (χ0v) is 23.0. The van der Waals surface area contributed by atoms with Gasteiger partial charge in [-0.05, 0) is 79.1 Å². The van der Waals surface area contributed by atoms with Gasteiger partial charge in [-0.2, -0.15) is 0 Å². The normalized spacial score (nSPS) is 15.2. The summed E-state index contributed by atoms with van der Waals surface area (Å²) in [6, 6.07) is 17.6. The van der Waals surface area contributed by atoms with Gasteiger partial charge in [0.25, 0.3) is 0 Å². The lowest BCUT2D eigenvalue weighted by Gasteiger charge is -2.35. The van der Waals surface area contributed by atoms with Crippen molar-refractivity contribution in [2.75, 3.05) is 26.3 Å². The number of hydrogen-bond acceptors (Lipinski definition) is 6. The molecule has 214 valence electrons. The molecule has 2 amide bonds. The first-order valence-electron chi connectivity index (χ1n) is 13.2. The van der Waals surface area contributed by atoms with Crippen LogP contribution < -0.4 is 14.8 Å². The molecule has 0 saturated heterocycles. The molecule has 0 fully saturated rings. The Morgan fingerprint density at radius 3 is 2.59 bits per heavy atom. The predicted octanol–water partition coefficient (Wildman–Crippen LogP) is 5.59. The molecule has 3 aromatic carbocycles. The standard InChI is InChI=1S/C30H29ClFN3O6/c1-2-39-29(37)33-16-21(36)17-40-22-8-3-18(4-9-22)28-27-24(25-15-19(31)5-12-26(25)34-27)13-14-35(28)30(38)41-23-10-6-20(32)7-11-23/h3-12,15,21,28,34,36H,2,13-14,16-17H2,1H3,(H,33,37). The van der Waals surface area contributed by atoms with Crippen LogP contribution in [0.4, 0.5) is 14.0 Å². The molecular weight excluding hydrogens is 553 g/mol. The predicted molar refractivity (Wildman–Crippen MR) is 151 cm³/mol. The second-order valence-electron chi connectivity index (χ2n) is 9.51. The van der Waals surface area contributed by atoms with Crippen molar-refractivity contribution in [1.29, 1.82) is 0 Å². The molecule has 1 aromatic heterocycles. The number of aromatic nitrogens is 1. The number of benzene rings is 3. The van der Waals surface area contributed by atoms with Gasteiger partial charge in [0, 0.05) is 28.2 Å². The van der Waals surface area contributed by atoms with Crippen molar-refractivity contribution in [3.05, 3.63) is 94.4 Å². The molecule has 3 N–H and O–H groups in total. The molecule has 1 aliphatic rings. The third-order valence-electron chi connectivity index (χ3n) is 6.74. The molecule has 0 bridgehead atoms. The number of nitrogens with one attached hydrogen (secondary N) is 2. The van der Waals surface area contributed by atoms with Crippen LogP contribution in [0.5, 0.6) is 11.5 Å². The van der Waals surface area contributed by atoms with Crippen molar-refractivity contribution in [3.63, 3.8) is 0 Å². The summed E-state index contributed by atoms with van der Waals surface area (Å²) in [5.41, 5.74) is 3.62. The molecule has 0 radical (unpaired) electrons. The van der Waals surface area contributed by atoms with Crippen LogP contribution in [0.25, 0.3) is 10.9 Å². The summed E-state index contributed by atoms with van der Waals surface area (Å²) < 4.78 is 29.5. The lowest BCUT2D eigenvalue weighted by Crippen LogP contribution is -2.42. The second-order valence-corrected chi connectivity index (χ2v) is 9.95. The minimum atomic E-state index is -0.935. The Morgan fingerprint density at radius 1 is 1.12 bits per heavy atom. The highest BCUT2D eigenvalue weighted by molar-refractivity contribution is 6.31. The van der Waals surface area contributed by atoms with Gasteiger partial charge in [0.1, 0.15) is 36.1 Å². The zero-order chi connectivity index (χ0) is 28.9. The molecule has 2 unspecified atom stereocenters. The number of ether oxygens (including phenoxy) is 3. The topological polar surface area (TPSA) is 113 Å². The first-order chi connectivity index (χ1) is 19.8. The SMILES string of the molecule is CCOC(=O)NCC(O)COc1ccc(C2c3[nH]c4ccc(Cl)cc4c3CCN2C(=O)Oc2ccc(F)cc2)cc1. The van der Waals surface area contributed by atoms with E-state index in [9.17, 15) is 19.1 Å². The van der Waals surface area contributed by atoms with E-state index in [1.54, 1.807) is 24.0 Å². The van der Waals surface area contributed by atoms with Crippen LogP contribution in [0.1, 0.15) is 29.8 Å². The molecule has 41 heavy (non-hydrogen) atoms. The molecule has 11 heteroatoms. The van der Waals surface area contributed by atoms with Crippen molar-refractivity contribution in [1.82, 2.24) is 15.2 Å². The first kappa shape index (κ1) is 28.3. The third kappa shape index (κ3) is 6.55. The van der Waals surface area contributed by atoms with Crippen molar-refractivity contribution in [2.24, 2.45) is 0 Å². The number of rotatable bonds is 8. The minimum absolute atomic E-state index is 0.0166. The molecule has 2 atom stereocenters. The highest BCUT2D eigenvalue weighted by Crippen LogP contribution is 2.40. The highest BCUT2D eigenvalue weighted by atomic mass is 35.5. The number of hydrogen-bond donors (Lipinski definition) is 3. The fourth-order valence-electron chi connectivity index (χ4n) is 4.85. The molecule has 2 heterocycles. The number of aromatic amines is 1. The number of nitrogens with zero attached hydrogens (tertiary/aromatic N) is 1. The summed E-state index contributed by atoms with van der Waals surface area (Å²) in [5.74, 6) is 0.320. The Balaban J connectivity index is 1.37. The summed E-state index contributed by atoms with van der Waals surface area (Å²) >= 11 is 6.29. The minimum Gasteiger partial charge on any atom is -0.491 e. The van der Waals surface area contributed by atoms with Gasteiger partial charge in [-0.1, -0.05) is 23.7 Å². The molecular formula is C30H29ClFN3O6. The van der Waals surface area contributed by atoms with E-state index in [4.69, 9.17) is 25.8 Å². The van der Waals surface area contributed by atoms with Gasteiger partial charge < -0.3 is 29.6 Å². The molecule has 0 saturated carbocycles. The number of halogens is 2. The van der Waals surface area contributed by atoms with E-state index in [1.165, 1.54) is 24.3 Å². The number of carbonyl (C=O) groups excluding carboxylic acids is 2. The number of H-pyrrole nitrogens is 1. The first-order valence-corrected chi connectivity index (χ1v) is 13.6. The highest BCUT2D eigenvalue weighted by Gasteiger charge is 2.35. The van der Waals surface area contributed by atoms with Crippen molar-refractivity contribution in [3.8, 4) is 11.5 Å². The summed E-state index contributed by atoms with van der Waals surface area (Å²) in [6.45, 7) is 2.25. The largest absolute Gasteiger partial charge is 0.491 e. The maximum atomic E-state index is 13.4. The Morgan fingerprint density at radius 2 is 1.85 bits per heavy atom. The quantitative estimate of drug-likeness (QED) is 0.250. The lowest BCUT2D eigenvalue weighted by atomic mass is 9.92. The van der Waals surface area contributed by atoms with Gasteiger partial charge in [0.15, 0.2) is 0 Å². The number of amides is 2. The molecule has 0 aliphatic carbocycles. The van der Waals surface area contributed by atoms with Crippen LogP contribution in [0, 0.1) is 5.82 Å². The van der Waals surface area contributed by atoms with Crippen LogP contribution in [0.3, 0.4) is 0 Å². The van der Waals surface area contributed by atoms with Crippen LogP contribution in [0.15, 0.2) is 66.7 Å². The van der Waals surface area contributed by atoms with E-state index in [0.29, 0.717) is 23.7 Å². The van der Waals surface area contributed by atoms with Gasteiger partial charge in [-0.3, -0.25) is 4.90 Å². The number of alkyl carbamates (subject to hydrolysis) is 1. The fourth-order valence-corrected chi connectivity index (χ4v) is 5.02. The van der Waals surface area contributed by atoms with Gasteiger partial charge >= 0.3 is 12.2 Å². The van der Waals surface area contributed by atoms with Crippen LogP contribution in [0.2, 0.25) is 5.02 Å². The van der Waals surface area contributed by atoms with Gasteiger partial charge in [0.05, 0.1) is 13.2 Å². The van der Waals surface area contributed by atoms with Gasteiger partial charge in [-0.25, -0.2) is 14.0 Å². The number of carbonyl (C=O) groups is 2. The monoisotopic (exact) mass is 581 g/mol. The molecule has 0 spiro atoms. The van der Waals surface area contributed by atoms with E-state index in [2.05, 4.69) is 10.3 Å².